The van der Waals surface area contributed by atoms with Crippen LogP contribution in [0.5, 0.6) is 0 Å². The Morgan fingerprint density at radius 1 is 1.44 bits per heavy atom. The molecule has 0 aromatic carbocycles. The van der Waals surface area contributed by atoms with Crippen molar-refractivity contribution in [2.24, 2.45) is 16.6 Å². The zero-order valence-electron chi connectivity index (χ0n) is 9.48. The molecule has 0 aliphatic heterocycles. The van der Waals surface area contributed by atoms with E-state index in [9.17, 15) is 19.8 Å². The summed E-state index contributed by atoms with van der Waals surface area (Å²) in [5, 5.41) is 32.5. The van der Waals surface area contributed by atoms with Crippen LogP contribution in [0.1, 0.15) is 6.42 Å². The molecule has 0 aromatic rings. The first-order valence-corrected chi connectivity index (χ1v) is 5.31. The highest BCUT2D eigenvalue weighted by Crippen LogP contribution is 2.26. The van der Waals surface area contributed by atoms with Crippen LogP contribution < -0.4 is 16.4 Å². The van der Waals surface area contributed by atoms with Gasteiger partial charge in [-0.1, -0.05) is 0 Å². The molecular weight excluding hydrogens is 244 g/mol. The number of amides is 3. The number of hydrogen-bond donors (Lipinski definition) is 6. The van der Waals surface area contributed by atoms with E-state index in [2.05, 4.69) is 15.6 Å². The number of nitrogens with one attached hydrogen (secondary N) is 2. The van der Waals surface area contributed by atoms with Gasteiger partial charge in [0.15, 0.2) is 0 Å². The minimum atomic E-state index is -1.17. The normalized spacial score (nSPS) is 32.1. The molecule has 0 heterocycles. The van der Waals surface area contributed by atoms with Crippen LogP contribution in [0.4, 0.5) is 4.79 Å². The lowest BCUT2D eigenvalue weighted by atomic mass is 10.1. The monoisotopic (exact) mass is 260 g/mol. The van der Waals surface area contributed by atoms with Crippen LogP contribution in [0.15, 0.2) is 4.99 Å². The molecule has 9 nitrogen and oxygen atoms in total. The summed E-state index contributed by atoms with van der Waals surface area (Å²) in [7, 11) is 0. The maximum absolute atomic E-state index is 11.4. The van der Waals surface area contributed by atoms with Gasteiger partial charge in [-0.25, -0.2) is 4.79 Å². The lowest BCUT2D eigenvalue weighted by molar-refractivity contribution is -0.106. The second kappa shape index (κ2) is 6.28. The molecular formula is C9H16N4O5. The number of hydrogen-bond acceptors (Lipinski definition) is 5. The quantitative estimate of drug-likeness (QED) is 0.179. The molecule has 7 N–H and O–H groups in total. The van der Waals surface area contributed by atoms with Gasteiger partial charge in [-0.2, -0.15) is 4.99 Å². The van der Waals surface area contributed by atoms with Crippen molar-refractivity contribution in [1.29, 1.82) is 0 Å². The molecule has 0 radical (unpaired) electrons. The number of guanidine groups is 1. The van der Waals surface area contributed by atoms with E-state index >= 15 is 0 Å². The maximum atomic E-state index is 11.4. The molecule has 4 atom stereocenters. The summed E-state index contributed by atoms with van der Waals surface area (Å²) in [5.41, 5.74) is 5.17. The highest BCUT2D eigenvalue weighted by molar-refractivity contribution is 5.97. The van der Waals surface area contributed by atoms with Gasteiger partial charge in [-0.05, 0) is 6.42 Å². The first-order chi connectivity index (χ1) is 8.49. The molecule has 1 rings (SSSR count). The van der Waals surface area contributed by atoms with Crippen LogP contribution in [0, 0.1) is 5.92 Å². The largest absolute Gasteiger partial charge is 0.396 e. The average Bonchev–Trinajstić information content (AvgIpc) is 2.57. The fraction of sp³-hybridized carbons (Fsp3) is 0.667. The molecule has 0 saturated heterocycles. The topological polar surface area (TPSA) is 157 Å². The Morgan fingerprint density at radius 3 is 2.61 bits per heavy atom. The summed E-state index contributed by atoms with van der Waals surface area (Å²) >= 11 is 0. The molecule has 0 spiro atoms. The van der Waals surface area contributed by atoms with E-state index in [-0.39, 0.29) is 25.4 Å². The number of aliphatic imine (C=N–C) groups is 1. The SMILES string of the molecule is NC(=NC=O)NC(=O)N[C@@H]1C[C@H](CO)[C@@H](O)[C@H]1O. The van der Waals surface area contributed by atoms with Gasteiger partial charge < -0.3 is 26.4 Å². The molecule has 18 heavy (non-hydrogen) atoms. The third kappa shape index (κ3) is 3.39. The van der Waals surface area contributed by atoms with Gasteiger partial charge in [0.2, 0.25) is 12.4 Å². The summed E-state index contributed by atoms with van der Waals surface area (Å²) in [4.78, 5) is 24.4. The van der Waals surface area contributed by atoms with E-state index in [0.717, 1.165) is 0 Å². The van der Waals surface area contributed by atoms with E-state index in [1.54, 1.807) is 0 Å². The smallest absolute Gasteiger partial charge is 0.321 e. The van der Waals surface area contributed by atoms with Gasteiger partial charge >= 0.3 is 6.03 Å². The maximum Gasteiger partial charge on any atom is 0.321 e. The molecule has 1 aliphatic rings. The molecule has 0 unspecified atom stereocenters. The fourth-order valence-electron chi connectivity index (χ4n) is 1.86. The van der Waals surface area contributed by atoms with Crippen molar-refractivity contribution in [3.8, 4) is 0 Å². The first-order valence-electron chi connectivity index (χ1n) is 5.31. The number of urea groups is 1. The van der Waals surface area contributed by atoms with Crippen LogP contribution in [0.25, 0.3) is 0 Å². The molecule has 0 aromatic heterocycles. The molecule has 1 fully saturated rings. The predicted octanol–water partition coefficient (Wildman–Crippen LogP) is -3.14. The molecule has 102 valence electrons. The third-order valence-corrected chi connectivity index (χ3v) is 2.79. The Kier molecular flexibility index (Phi) is 5.01. The molecule has 9 heteroatoms. The molecule has 1 aliphatic carbocycles. The Balaban J connectivity index is 2.50. The third-order valence-electron chi connectivity index (χ3n) is 2.79. The van der Waals surface area contributed by atoms with E-state index < -0.39 is 30.2 Å². The van der Waals surface area contributed by atoms with Crippen molar-refractivity contribution in [1.82, 2.24) is 10.6 Å². The Bertz CT molecular complexity index is 348. The summed E-state index contributed by atoms with van der Waals surface area (Å²) in [6, 6.07) is -1.46. The summed E-state index contributed by atoms with van der Waals surface area (Å²) in [6.45, 7) is -0.285. The van der Waals surface area contributed by atoms with Gasteiger partial charge in [0.25, 0.3) is 0 Å². The highest BCUT2D eigenvalue weighted by atomic mass is 16.3. The Morgan fingerprint density at radius 2 is 2.11 bits per heavy atom. The zero-order valence-corrected chi connectivity index (χ0v) is 9.48. The van der Waals surface area contributed by atoms with Gasteiger partial charge in [-0.3, -0.25) is 10.1 Å². The summed E-state index contributed by atoms with van der Waals surface area (Å²) in [6.07, 6.45) is -1.86. The number of nitrogens with zero attached hydrogens (tertiary/aromatic N) is 1. The first kappa shape index (κ1) is 14.4. The van der Waals surface area contributed by atoms with E-state index in [4.69, 9.17) is 10.8 Å². The van der Waals surface area contributed by atoms with E-state index in [0.29, 0.717) is 0 Å². The van der Waals surface area contributed by atoms with Crippen molar-refractivity contribution < 1.29 is 24.9 Å². The summed E-state index contributed by atoms with van der Waals surface area (Å²) < 4.78 is 0. The second-order valence-electron chi connectivity index (χ2n) is 3.98. The molecule has 0 bridgehead atoms. The number of rotatable bonds is 3. The molecule has 1 saturated carbocycles. The van der Waals surface area contributed by atoms with E-state index in [1.807, 2.05) is 0 Å². The lowest BCUT2D eigenvalue weighted by Crippen LogP contribution is -2.50. The number of carbonyl (C=O) groups is 2. The van der Waals surface area contributed by atoms with Crippen molar-refractivity contribution in [2.45, 2.75) is 24.7 Å². The number of carbonyl (C=O) groups excluding carboxylic acids is 2. The van der Waals surface area contributed by atoms with Gasteiger partial charge in [-0.15, -0.1) is 0 Å². The second-order valence-corrected chi connectivity index (χ2v) is 3.98. The predicted molar refractivity (Wildman–Crippen MR) is 60.3 cm³/mol. The Labute approximate surface area is 103 Å². The average molecular weight is 260 g/mol. The van der Waals surface area contributed by atoms with Crippen LogP contribution in [0.2, 0.25) is 0 Å². The number of aliphatic hydroxyl groups excluding tert-OH is 3. The number of aliphatic hydroxyl groups is 3. The number of nitrogens with two attached hydrogens (primary N) is 1. The van der Waals surface area contributed by atoms with Crippen LogP contribution in [0.3, 0.4) is 0 Å². The van der Waals surface area contributed by atoms with Gasteiger partial charge in [0.05, 0.1) is 12.1 Å². The zero-order chi connectivity index (χ0) is 13.7. The molecule has 3 amide bonds. The van der Waals surface area contributed by atoms with Crippen molar-refractivity contribution >= 4 is 18.4 Å². The lowest BCUT2D eigenvalue weighted by Gasteiger charge is -2.18. The van der Waals surface area contributed by atoms with Crippen LogP contribution in [-0.2, 0) is 4.79 Å². The van der Waals surface area contributed by atoms with Gasteiger partial charge in [0.1, 0.15) is 6.10 Å². The van der Waals surface area contributed by atoms with Crippen molar-refractivity contribution in [3.63, 3.8) is 0 Å². The van der Waals surface area contributed by atoms with Crippen molar-refractivity contribution in [2.75, 3.05) is 6.61 Å². The van der Waals surface area contributed by atoms with E-state index in [1.165, 1.54) is 0 Å². The highest BCUT2D eigenvalue weighted by Gasteiger charge is 2.41. The van der Waals surface area contributed by atoms with Gasteiger partial charge in [0, 0.05) is 12.5 Å². The minimum absolute atomic E-state index is 0.172. The fourth-order valence-corrected chi connectivity index (χ4v) is 1.86. The van der Waals surface area contributed by atoms with Crippen molar-refractivity contribution in [3.05, 3.63) is 0 Å². The minimum Gasteiger partial charge on any atom is -0.396 e. The van der Waals surface area contributed by atoms with Crippen LogP contribution in [-0.4, -0.2) is 58.6 Å². The Hall–Kier alpha value is -1.71. The summed E-state index contributed by atoms with van der Waals surface area (Å²) in [5.74, 6) is -0.875. The van der Waals surface area contributed by atoms with Crippen LogP contribution >= 0.6 is 0 Å². The standard InChI is InChI=1S/C9H16N4O5/c10-8(11-3-15)13-9(18)12-5-1-4(2-14)6(16)7(5)17/h3-7,14,16-17H,1-2H2,(H4,10,11,12,13,15,18)/t4-,5-,6-,7+/m1/s1.